The van der Waals surface area contributed by atoms with Crippen molar-refractivity contribution in [3.8, 4) is 0 Å². The number of amides is 1. The molecule has 1 aromatic carbocycles. The van der Waals surface area contributed by atoms with E-state index in [9.17, 15) is 23.3 Å². The van der Waals surface area contributed by atoms with Crippen LogP contribution in [0.4, 0.5) is 5.69 Å². The van der Waals surface area contributed by atoms with Gasteiger partial charge in [-0.15, -0.1) is 0 Å². The standard InChI is InChI=1S/C12H17N3O5S/c1-4-14(5-2)21(19,20)13-12(16)10-7-6-9(3)11(8-10)15(17)18/h6-8H,4-5H2,1-3H3,(H,13,16). The van der Waals surface area contributed by atoms with Gasteiger partial charge < -0.3 is 0 Å². The van der Waals surface area contributed by atoms with E-state index in [0.29, 0.717) is 5.56 Å². The van der Waals surface area contributed by atoms with Crippen molar-refractivity contribution < 1.29 is 18.1 Å². The second-order valence-corrected chi connectivity index (χ2v) is 5.95. The number of carbonyl (C=O) groups is 1. The van der Waals surface area contributed by atoms with Crippen molar-refractivity contribution in [2.75, 3.05) is 13.1 Å². The Hall–Kier alpha value is -2.00. The molecule has 0 fully saturated rings. The number of rotatable bonds is 6. The first-order valence-electron chi connectivity index (χ1n) is 6.30. The number of nitro groups is 1. The van der Waals surface area contributed by atoms with Crippen molar-refractivity contribution in [3.63, 3.8) is 0 Å². The monoisotopic (exact) mass is 315 g/mol. The topological polar surface area (TPSA) is 110 Å². The number of nitrogens with one attached hydrogen (secondary N) is 1. The predicted molar refractivity (Wildman–Crippen MR) is 77.1 cm³/mol. The first kappa shape index (κ1) is 17.1. The highest BCUT2D eigenvalue weighted by Crippen LogP contribution is 2.19. The summed E-state index contributed by atoms with van der Waals surface area (Å²) < 4.78 is 26.8. The van der Waals surface area contributed by atoms with Crippen LogP contribution in [0.3, 0.4) is 0 Å². The lowest BCUT2D eigenvalue weighted by molar-refractivity contribution is -0.385. The minimum Gasteiger partial charge on any atom is -0.268 e. The summed E-state index contributed by atoms with van der Waals surface area (Å²) in [4.78, 5) is 22.2. The van der Waals surface area contributed by atoms with Crippen LogP contribution in [0.25, 0.3) is 0 Å². The molecule has 0 unspecified atom stereocenters. The number of aryl methyl sites for hydroxylation is 1. The van der Waals surface area contributed by atoms with Gasteiger partial charge in [-0.2, -0.15) is 12.7 Å². The molecule has 0 aromatic heterocycles. The van der Waals surface area contributed by atoms with Gasteiger partial charge >= 0.3 is 10.2 Å². The smallest absolute Gasteiger partial charge is 0.268 e. The van der Waals surface area contributed by atoms with Gasteiger partial charge in [-0.1, -0.05) is 19.9 Å². The molecule has 0 radical (unpaired) electrons. The molecular formula is C12H17N3O5S. The molecule has 1 N–H and O–H groups in total. The highest BCUT2D eigenvalue weighted by atomic mass is 32.2. The quantitative estimate of drug-likeness (QED) is 0.627. The van der Waals surface area contributed by atoms with Crippen LogP contribution >= 0.6 is 0 Å². The van der Waals surface area contributed by atoms with Crippen LogP contribution in [0.15, 0.2) is 18.2 Å². The number of hydrogen-bond donors (Lipinski definition) is 1. The van der Waals surface area contributed by atoms with Gasteiger partial charge in [0, 0.05) is 30.3 Å². The Morgan fingerprint density at radius 3 is 2.38 bits per heavy atom. The second-order valence-electron chi connectivity index (χ2n) is 4.28. The highest BCUT2D eigenvalue weighted by Gasteiger charge is 2.23. The summed E-state index contributed by atoms with van der Waals surface area (Å²) >= 11 is 0. The molecule has 1 aromatic rings. The maximum atomic E-state index is 11.9. The van der Waals surface area contributed by atoms with Gasteiger partial charge in [0.25, 0.3) is 11.6 Å². The first-order chi connectivity index (χ1) is 9.72. The predicted octanol–water partition coefficient (Wildman–Crippen LogP) is 1.22. The van der Waals surface area contributed by atoms with Crippen molar-refractivity contribution in [1.82, 2.24) is 9.03 Å². The van der Waals surface area contributed by atoms with Crippen molar-refractivity contribution in [2.24, 2.45) is 0 Å². The van der Waals surface area contributed by atoms with E-state index in [1.165, 1.54) is 19.1 Å². The Bertz CT molecular complexity index is 653. The van der Waals surface area contributed by atoms with Gasteiger partial charge in [0.1, 0.15) is 0 Å². The Labute approximate surface area is 123 Å². The van der Waals surface area contributed by atoms with Crippen molar-refractivity contribution >= 4 is 21.8 Å². The summed E-state index contributed by atoms with van der Waals surface area (Å²) in [5.41, 5.74) is 0.0778. The summed E-state index contributed by atoms with van der Waals surface area (Å²) in [6, 6.07) is 3.80. The molecule has 0 saturated heterocycles. The number of hydrogen-bond acceptors (Lipinski definition) is 5. The molecule has 116 valence electrons. The normalized spacial score (nSPS) is 11.4. The molecule has 0 aliphatic carbocycles. The van der Waals surface area contributed by atoms with E-state index in [2.05, 4.69) is 0 Å². The van der Waals surface area contributed by atoms with Gasteiger partial charge in [-0.25, -0.2) is 4.72 Å². The molecule has 0 aliphatic rings. The molecule has 0 saturated carbocycles. The highest BCUT2D eigenvalue weighted by molar-refractivity contribution is 7.87. The van der Waals surface area contributed by atoms with E-state index in [1.807, 2.05) is 4.72 Å². The van der Waals surface area contributed by atoms with E-state index >= 15 is 0 Å². The number of nitro benzene ring substituents is 1. The SMILES string of the molecule is CCN(CC)S(=O)(=O)NC(=O)c1ccc(C)c([N+](=O)[O-])c1. The Balaban J connectivity index is 3.05. The average molecular weight is 315 g/mol. The molecule has 1 rings (SSSR count). The summed E-state index contributed by atoms with van der Waals surface area (Å²) in [6.45, 7) is 5.25. The van der Waals surface area contributed by atoms with Crippen LogP contribution in [0.5, 0.6) is 0 Å². The number of carbonyl (C=O) groups excluding carboxylic acids is 1. The Morgan fingerprint density at radius 2 is 1.90 bits per heavy atom. The van der Waals surface area contributed by atoms with Crippen LogP contribution in [-0.2, 0) is 10.2 Å². The van der Waals surface area contributed by atoms with E-state index < -0.39 is 21.0 Å². The van der Waals surface area contributed by atoms with Crippen LogP contribution in [0, 0.1) is 17.0 Å². The maximum Gasteiger partial charge on any atom is 0.304 e. The summed E-state index contributed by atoms with van der Waals surface area (Å²) in [6.07, 6.45) is 0. The largest absolute Gasteiger partial charge is 0.304 e. The van der Waals surface area contributed by atoms with Crippen LogP contribution < -0.4 is 4.72 Å². The van der Waals surface area contributed by atoms with Crippen molar-refractivity contribution in [1.29, 1.82) is 0 Å². The number of benzene rings is 1. The molecular weight excluding hydrogens is 298 g/mol. The maximum absolute atomic E-state index is 11.9. The third-order valence-corrected chi connectivity index (χ3v) is 4.57. The minimum absolute atomic E-state index is 0.0805. The third-order valence-electron chi connectivity index (χ3n) is 2.94. The zero-order valence-corrected chi connectivity index (χ0v) is 12.8. The van der Waals surface area contributed by atoms with Gasteiger partial charge in [-0.3, -0.25) is 14.9 Å². The molecule has 8 nitrogen and oxygen atoms in total. The molecule has 0 atom stereocenters. The molecule has 0 aliphatic heterocycles. The minimum atomic E-state index is -3.95. The fraction of sp³-hybridized carbons (Fsp3) is 0.417. The molecule has 0 bridgehead atoms. The van der Waals surface area contributed by atoms with Gasteiger partial charge in [0.2, 0.25) is 0 Å². The molecule has 0 heterocycles. The lowest BCUT2D eigenvalue weighted by atomic mass is 10.1. The van der Waals surface area contributed by atoms with Gasteiger partial charge in [0.15, 0.2) is 0 Å². The fourth-order valence-corrected chi connectivity index (χ4v) is 2.91. The number of nitrogens with zero attached hydrogens (tertiary/aromatic N) is 2. The molecule has 1 amide bonds. The third kappa shape index (κ3) is 3.99. The van der Waals surface area contributed by atoms with Gasteiger partial charge in [-0.05, 0) is 13.0 Å². The summed E-state index contributed by atoms with van der Waals surface area (Å²) in [5.74, 6) is -0.898. The van der Waals surface area contributed by atoms with E-state index in [4.69, 9.17) is 0 Å². The molecule has 21 heavy (non-hydrogen) atoms. The van der Waals surface area contributed by atoms with E-state index in [1.54, 1.807) is 13.8 Å². The lowest BCUT2D eigenvalue weighted by Gasteiger charge is -2.18. The summed E-state index contributed by atoms with van der Waals surface area (Å²) in [7, 11) is -3.95. The van der Waals surface area contributed by atoms with Crippen LogP contribution in [0.1, 0.15) is 29.8 Å². The summed E-state index contributed by atoms with van der Waals surface area (Å²) in [5, 5.41) is 10.8. The average Bonchev–Trinajstić information content (AvgIpc) is 2.39. The zero-order chi connectivity index (χ0) is 16.2. The Morgan fingerprint density at radius 1 is 1.33 bits per heavy atom. The van der Waals surface area contributed by atoms with E-state index in [0.717, 1.165) is 10.4 Å². The first-order valence-corrected chi connectivity index (χ1v) is 7.74. The van der Waals surface area contributed by atoms with Gasteiger partial charge in [0.05, 0.1) is 4.92 Å². The molecule has 9 heteroatoms. The van der Waals surface area contributed by atoms with Crippen LogP contribution in [0.2, 0.25) is 0 Å². The zero-order valence-electron chi connectivity index (χ0n) is 12.0. The van der Waals surface area contributed by atoms with Crippen molar-refractivity contribution in [3.05, 3.63) is 39.4 Å². The second kappa shape index (κ2) is 6.64. The molecule has 0 spiro atoms. The lowest BCUT2D eigenvalue weighted by Crippen LogP contribution is -2.43. The fourth-order valence-electron chi connectivity index (χ4n) is 1.75. The Kier molecular flexibility index (Phi) is 5.39. The van der Waals surface area contributed by atoms with Crippen molar-refractivity contribution in [2.45, 2.75) is 20.8 Å². The van der Waals surface area contributed by atoms with Crippen LogP contribution in [-0.4, -0.2) is 36.6 Å². The van der Waals surface area contributed by atoms with E-state index in [-0.39, 0.29) is 24.3 Å².